The van der Waals surface area contributed by atoms with Crippen LogP contribution < -0.4 is 10.2 Å². The van der Waals surface area contributed by atoms with E-state index in [2.05, 4.69) is 81.2 Å². The summed E-state index contributed by atoms with van der Waals surface area (Å²) in [5.74, 6) is 0.665. The second kappa shape index (κ2) is 9.06. The van der Waals surface area contributed by atoms with Gasteiger partial charge in [-0.25, -0.2) is 0 Å². The van der Waals surface area contributed by atoms with Crippen molar-refractivity contribution in [3.8, 4) is 0 Å². The summed E-state index contributed by atoms with van der Waals surface area (Å²) < 4.78 is 0. The Kier molecular flexibility index (Phi) is 7.76. The predicted octanol–water partition coefficient (Wildman–Crippen LogP) is 3.21. The van der Waals surface area contributed by atoms with Gasteiger partial charge in [0.25, 0.3) is 0 Å². The van der Waals surface area contributed by atoms with Crippen LogP contribution >= 0.6 is 0 Å². The fourth-order valence-corrected chi connectivity index (χ4v) is 2.35. The van der Waals surface area contributed by atoms with Crippen LogP contribution in [0, 0.1) is 5.92 Å². The molecule has 0 heterocycles. The van der Waals surface area contributed by atoms with Crippen molar-refractivity contribution in [2.75, 3.05) is 38.6 Å². The molecule has 3 nitrogen and oxygen atoms in total. The molecule has 120 valence electrons. The van der Waals surface area contributed by atoms with Crippen LogP contribution in [0.15, 0.2) is 24.3 Å². The zero-order chi connectivity index (χ0) is 15.8. The molecule has 21 heavy (non-hydrogen) atoms. The quantitative estimate of drug-likeness (QED) is 0.754. The third-order valence-electron chi connectivity index (χ3n) is 3.44. The van der Waals surface area contributed by atoms with Crippen molar-refractivity contribution in [2.45, 2.75) is 40.3 Å². The predicted molar refractivity (Wildman–Crippen MR) is 94.0 cm³/mol. The van der Waals surface area contributed by atoms with Crippen molar-refractivity contribution in [3.05, 3.63) is 29.8 Å². The van der Waals surface area contributed by atoms with E-state index < -0.39 is 0 Å². The van der Waals surface area contributed by atoms with Gasteiger partial charge in [-0.2, -0.15) is 0 Å². The highest BCUT2D eigenvalue weighted by Gasteiger charge is 2.12. The molecule has 0 aliphatic heterocycles. The summed E-state index contributed by atoms with van der Waals surface area (Å²) in [4.78, 5) is 4.78. The molecule has 0 aliphatic carbocycles. The summed E-state index contributed by atoms with van der Waals surface area (Å²) in [7, 11) is 4.28. The molecule has 3 heteroatoms. The third kappa shape index (κ3) is 6.96. The summed E-state index contributed by atoms with van der Waals surface area (Å²) in [6.45, 7) is 13.2. The van der Waals surface area contributed by atoms with Crippen molar-refractivity contribution < 1.29 is 0 Å². The minimum Gasteiger partial charge on any atom is -0.370 e. The number of likely N-dealkylation sites (N-methyl/N-ethyl adjacent to an activating group) is 1. The van der Waals surface area contributed by atoms with Gasteiger partial charge in [-0.1, -0.05) is 45.9 Å². The largest absolute Gasteiger partial charge is 0.370 e. The molecule has 1 N–H and O–H groups in total. The van der Waals surface area contributed by atoms with Crippen molar-refractivity contribution in [2.24, 2.45) is 5.92 Å². The van der Waals surface area contributed by atoms with Crippen LogP contribution in [0.2, 0.25) is 0 Å². The molecular formula is C18H33N3. The summed E-state index contributed by atoms with van der Waals surface area (Å²) in [6.07, 6.45) is 0. The smallest absolute Gasteiger partial charge is 0.0412 e. The van der Waals surface area contributed by atoms with Gasteiger partial charge in [0.05, 0.1) is 0 Å². The monoisotopic (exact) mass is 291 g/mol. The van der Waals surface area contributed by atoms with E-state index >= 15 is 0 Å². The van der Waals surface area contributed by atoms with E-state index in [1.165, 1.54) is 11.3 Å². The molecule has 0 radical (unpaired) electrons. The summed E-state index contributed by atoms with van der Waals surface area (Å²) in [5, 5.41) is 3.54. The van der Waals surface area contributed by atoms with E-state index in [4.69, 9.17) is 0 Å². The zero-order valence-corrected chi connectivity index (χ0v) is 14.7. The number of nitrogens with zero attached hydrogens (tertiary/aromatic N) is 2. The van der Waals surface area contributed by atoms with E-state index in [1.807, 2.05) is 0 Å². The molecule has 0 fully saturated rings. The Morgan fingerprint density at radius 1 is 1.00 bits per heavy atom. The molecule has 1 rings (SSSR count). The molecule has 0 atom stereocenters. The minimum atomic E-state index is 0.512. The first-order chi connectivity index (χ1) is 9.90. The molecule has 0 saturated carbocycles. The molecular weight excluding hydrogens is 258 g/mol. The van der Waals surface area contributed by atoms with Gasteiger partial charge in [0.1, 0.15) is 0 Å². The van der Waals surface area contributed by atoms with Crippen molar-refractivity contribution >= 4 is 5.69 Å². The molecule has 0 amide bonds. The normalized spacial score (nSPS) is 11.7. The molecule has 0 spiro atoms. The molecule has 1 aromatic carbocycles. The van der Waals surface area contributed by atoms with Crippen LogP contribution in [0.5, 0.6) is 0 Å². The van der Waals surface area contributed by atoms with Gasteiger partial charge in [-0.3, -0.25) is 0 Å². The Labute approximate surface area is 131 Å². The highest BCUT2D eigenvalue weighted by atomic mass is 15.2. The summed E-state index contributed by atoms with van der Waals surface area (Å²) in [6, 6.07) is 9.30. The second-order valence-electron chi connectivity index (χ2n) is 6.81. The molecule has 1 aromatic rings. The second-order valence-corrected chi connectivity index (χ2v) is 6.81. The number of para-hydroxylation sites is 1. The Bertz CT molecular complexity index is 399. The first-order valence-electron chi connectivity index (χ1n) is 8.11. The molecule has 0 aromatic heterocycles. The Morgan fingerprint density at radius 2 is 1.67 bits per heavy atom. The van der Waals surface area contributed by atoms with Crippen LogP contribution in [0.4, 0.5) is 5.69 Å². The Balaban J connectivity index is 2.88. The van der Waals surface area contributed by atoms with Gasteiger partial charge < -0.3 is 15.1 Å². The lowest BCUT2D eigenvalue weighted by Gasteiger charge is -2.30. The third-order valence-corrected chi connectivity index (χ3v) is 3.44. The van der Waals surface area contributed by atoms with E-state index in [0.717, 1.165) is 26.2 Å². The fourth-order valence-electron chi connectivity index (χ4n) is 2.35. The number of benzene rings is 1. The van der Waals surface area contributed by atoms with Crippen LogP contribution in [-0.4, -0.2) is 44.7 Å². The van der Waals surface area contributed by atoms with Crippen molar-refractivity contribution in [3.63, 3.8) is 0 Å². The Hall–Kier alpha value is -1.06. The van der Waals surface area contributed by atoms with E-state index in [1.54, 1.807) is 0 Å². The Morgan fingerprint density at radius 3 is 2.24 bits per heavy atom. The number of anilines is 1. The van der Waals surface area contributed by atoms with Gasteiger partial charge in [-0.05, 0) is 31.6 Å². The molecule has 0 saturated heterocycles. The van der Waals surface area contributed by atoms with Crippen LogP contribution in [0.1, 0.15) is 33.3 Å². The highest BCUT2D eigenvalue weighted by molar-refractivity contribution is 5.53. The number of rotatable bonds is 9. The van der Waals surface area contributed by atoms with Crippen LogP contribution in [0.3, 0.4) is 0 Å². The zero-order valence-electron chi connectivity index (χ0n) is 14.7. The van der Waals surface area contributed by atoms with Gasteiger partial charge in [0.2, 0.25) is 0 Å². The standard InChI is InChI=1S/C18H33N3/c1-15(2)14-21(12-11-20(5)6)18-10-8-7-9-17(18)13-19-16(3)4/h7-10,15-16,19H,11-14H2,1-6H3. The van der Waals surface area contributed by atoms with Gasteiger partial charge in [0.15, 0.2) is 0 Å². The molecule has 0 unspecified atom stereocenters. The van der Waals surface area contributed by atoms with Crippen molar-refractivity contribution in [1.82, 2.24) is 10.2 Å². The summed E-state index contributed by atoms with van der Waals surface area (Å²) in [5.41, 5.74) is 2.77. The lowest BCUT2D eigenvalue weighted by Crippen LogP contribution is -2.35. The average Bonchev–Trinajstić information content (AvgIpc) is 2.41. The number of nitrogens with one attached hydrogen (secondary N) is 1. The van der Waals surface area contributed by atoms with Gasteiger partial charge in [0, 0.05) is 37.9 Å². The van der Waals surface area contributed by atoms with E-state index in [-0.39, 0.29) is 0 Å². The first-order valence-corrected chi connectivity index (χ1v) is 8.11. The number of hydrogen-bond donors (Lipinski definition) is 1. The van der Waals surface area contributed by atoms with Gasteiger partial charge >= 0.3 is 0 Å². The number of hydrogen-bond acceptors (Lipinski definition) is 3. The average molecular weight is 291 g/mol. The maximum Gasteiger partial charge on any atom is 0.0412 e. The van der Waals surface area contributed by atoms with Crippen molar-refractivity contribution in [1.29, 1.82) is 0 Å². The van der Waals surface area contributed by atoms with Crippen LogP contribution in [0.25, 0.3) is 0 Å². The molecule has 0 aliphatic rings. The maximum absolute atomic E-state index is 3.54. The SMILES string of the molecule is CC(C)CN(CCN(C)C)c1ccccc1CNC(C)C. The topological polar surface area (TPSA) is 18.5 Å². The highest BCUT2D eigenvalue weighted by Crippen LogP contribution is 2.21. The first kappa shape index (κ1) is 18.0. The fraction of sp³-hybridized carbons (Fsp3) is 0.667. The van der Waals surface area contributed by atoms with E-state index in [9.17, 15) is 0 Å². The van der Waals surface area contributed by atoms with Crippen LogP contribution in [-0.2, 0) is 6.54 Å². The maximum atomic E-state index is 3.54. The lowest BCUT2D eigenvalue weighted by molar-refractivity contribution is 0.408. The lowest BCUT2D eigenvalue weighted by atomic mass is 10.1. The molecule has 0 bridgehead atoms. The minimum absolute atomic E-state index is 0.512. The summed E-state index contributed by atoms with van der Waals surface area (Å²) >= 11 is 0. The van der Waals surface area contributed by atoms with Gasteiger partial charge in [-0.15, -0.1) is 0 Å². The van der Waals surface area contributed by atoms with E-state index in [0.29, 0.717) is 12.0 Å².